The Morgan fingerprint density at radius 2 is 1.08 bits per heavy atom. The van der Waals surface area contributed by atoms with E-state index in [4.69, 9.17) is 25.1 Å². The third-order valence-corrected chi connectivity index (χ3v) is 9.93. The lowest BCUT2D eigenvalue weighted by molar-refractivity contribution is -0.156. The second-order valence-corrected chi connectivity index (χ2v) is 17.1. The molecular weight excluding hydrogens is 809 g/mol. The maximum absolute atomic E-state index is 12.8. The van der Waals surface area contributed by atoms with Gasteiger partial charge in [-0.05, 0) is 75.9 Å². The summed E-state index contributed by atoms with van der Waals surface area (Å²) >= 11 is 0. The minimum atomic E-state index is -1.29. The molecule has 4 aromatic carbocycles. The first-order valence-electron chi connectivity index (χ1n) is 20.4. The molecule has 0 spiro atoms. The largest absolute Gasteiger partial charge is 0.480 e. The number of esters is 2. The molecule has 2 heterocycles. The predicted octanol–water partition coefficient (Wildman–Crippen LogP) is 6.24. The Morgan fingerprint density at radius 3 is 1.52 bits per heavy atom. The first-order valence-corrected chi connectivity index (χ1v) is 20.4. The summed E-state index contributed by atoms with van der Waals surface area (Å²) in [5.41, 5.74) is 11.1. The molecule has 16 nitrogen and oxygen atoms in total. The highest BCUT2D eigenvalue weighted by Gasteiger charge is 2.31. The number of benzene rings is 4. The van der Waals surface area contributed by atoms with Crippen LogP contribution in [-0.4, -0.2) is 89.6 Å². The van der Waals surface area contributed by atoms with Crippen LogP contribution in [0.25, 0.3) is 32.9 Å². The molecule has 1 aliphatic rings. The molecular formula is C47H52N6O10. The number of alkyl carbamates (subject to hydrolysis) is 1. The molecule has 1 aliphatic carbocycles. The summed E-state index contributed by atoms with van der Waals surface area (Å²) in [5.74, 6) is -3.32. The van der Waals surface area contributed by atoms with E-state index in [1.165, 1.54) is 9.36 Å². The Bertz CT molecular complexity index is 2610. The van der Waals surface area contributed by atoms with Crippen molar-refractivity contribution in [3.8, 4) is 11.1 Å². The van der Waals surface area contributed by atoms with Gasteiger partial charge in [0.25, 0.3) is 0 Å². The standard InChI is InChI=1S/C31H31N3O6.C16H21N3O4/c1-31(2,3)40-28(35)17-34-27-15-9-8-14-23(27)25(33-34)16-26(29(36)37)32-30(38)39-18-24-21-12-6-4-10-19(21)20-11-5-7-13-22(20)24;1-16(2,3)23-14(20)9-19-13-7-5-4-6-10(13)12(18-19)8-11(17)15(21)22/h4-15,24,26H,16-18H2,1-3H3,(H,32,38)(H,36,37);4-7,11H,8-9,17H2,1-3H3,(H,21,22)/t26-;11-/m00/s1. The van der Waals surface area contributed by atoms with Crippen LogP contribution in [0.4, 0.5) is 4.79 Å². The van der Waals surface area contributed by atoms with Crippen LogP contribution in [0.1, 0.15) is 70.0 Å². The normalized spacial score (nSPS) is 13.3. The summed E-state index contributed by atoms with van der Waals surface area (Å²) in [7, 11) is 0. The van der Waals surface area contributed by atoms with Gasteiger partial charge >= 0.3 is 30.0 Å². The molecule has 1 amide bonds. The fourth-order valence-corrected chi connectivity index (χ4v) is 7.40. The molecule has 0 bridgehead atoms. The van der Waals surface area contributed by atoms with Gasteiger partial charge in [0, 0.05) is 29.5 Å². The molecule has 0 saturated carbocycles. The first kappa shape index (κ1) is 45.5. The van der Waals surface area contributed by atoms with Crippen molar-refractivity contribution in [2.75, 3.05) is 6.61 Å². The minimum absolute atomic E-state index is 0.0416. The van der Waals surface area contributed by atoms with Gasteiger partial charge < -0.3 is 35.5 Å². The van der Waals surface area contributed by atoms with E-state index in [9.17, 15) is 29.1 Å². The molecule has 6 aromatic rings. The quantitative estimate of drug-likeness (QED) is 0.0746. The lowest BCUT2D eigenvalue weighted by Crippen LogP contribution is -2.43. The van der Waals surface area contributed by atoms with Gasteiger partial charge in [-0.2, -0.15) is 10.2 Å². The Hall–Kier alpha value is -7.07. The third-order valence-electron chi connectivity index (χ3n) is 9.93. The summed E-state index contributed by atoms with van der Waals surface area (Å²) in [4.78, 5) is 60.3. The number of ether oxygens (including phenoxy) is 3. The Balaban J connectivity index is 0.000000244. The van der Waals surface area contributed by atoms with Gasteiger partial charge in [-0.1, -0.05) is 84.9 Å². The second-order valence-electron chi connectivity index (χ2n) is 17.1. The molecule has 2 atom stereocenters. The molecule has 16 heteroatoms. The van der Waals surface area contributed by atoms with E-state index in [-0.39, 0.29) is 38.5 Å². The number of rotatable bonds is 13. The van der Waals surface area contributed by atoms with Gasteiger partial charge in [-0.25, -0.2) is 9.59 Å². The summed E-state index contributed by atoms with van der Waals surface area (Å²) in [6, 6.07) is 28.2. The number of amides is 1. The van der Waals surface area contributed by atoms with Crippen molar-refractivity contribution < 1.29 is 48.4 Å². The van der Waals surface area contributed by atoms with Crippen molar-refractivity contribution in [3.63, 3.8) is 0 Å². The SMILES string of the molecule is CC(C)(C)OC(=O)Cn1nc(C[C@H](N)C(=O)O)c2ccccc21.CC(C)(C)OC(=O)Cn1nc(C[C@H](NC(=O)OCC2c3ccccc3-c3ccccc32)C(=O)O)c2ccccc21. The highest BCUT2D eigenvalue weighted by atomic mass is 16.6. The fourth-order valence-electron chi connectivity index (χ4n) is 7.40. The molecule has 0 aliphatic heterocycles. The third kappa shape index (κ3) is 11.5. The maximum atomic E-state index is 12.8. The predicted molar refractivity (Wildman–Crippen MR) is 234 cm³/mol. The van der Waals surface area contributed by atoms with Crippen molar-refractivity contribution >= 4 is 51.8 Å². The van der Waals surface area contributed by atoms with Crippen LogP contribution in [0.5, 0.6) is 0 Å². The van der Waals surface area contributed by atoms with Crippen molar-refractivity contribution in [1.29, 1.82) is 0 Å². The summed E-state index contributed by atoms with van der Waals surface area (Å²) in [6.45, 7) is 10.6. The second kappa shape index (κ2) is 18.9. The molecule has 0 radical (unpaired) electrons. The average Bonchev–Trinajstić information content (AvgIpc) is 3.84. The van der Waals surface area contributed by atoms with Crippen molar-refractivity contribution in [2.24, 2.45) is 5.73 Å². The van der Waals surface area contributed by atoms with Crippen molar-refractivity contribution in [3.05, 3.63) is 120 Å². The van der Waals surface area contributed by atoms with E-state index < -0.39 is 53.3 Å². The first-order chi connectivity index (χ1) is 29.8. The maximum Gasteiger partial charge on any atom is 0.407 e. The number of nitrogens with zero attached hydrogens (tertiary/aromatic N) is 4. The van der Waals surface area contributed by atoms with Gasteiger partial charge in [0.05, 0.1) is 22.4 Å². The smallest absolute Gasteiger partial charge is 0.407 e. The van der Waals surface area contributed by atoms with Crippen LogP contribution in [0.15, 0.2) is 97.1 Å². The molecule has 0 saturated heterocycles. The van der Waals surface area contributed by atoms with Crippen LogP contribution in [0, 0.1) is 0 Å². The van der Waals surface area contributed by atoms with Gasteiger partial charge in [0.15, 0.2) is 0 Å². The molecule has 0 unspecified atom stereocenters. The molecule has 330 valence electrons. The number of fused-ring (bicyclic) bond motifs is 5. The molecule has 5 N–H and O–H groups in total. The zero-order chi connectivity index (χ0) is 45.6. The number of hydrogen-bond acceptors (Lipinski definition) is 11. The van der Waals surface area contributed by atoms with Crippen LogP contribution in [-0.2, 0) is 59.3 Å². The number of carbonyl (C=O) groups excluding carboxylic acids is 3. The number of hydrogen-bond donors (Lipinski definition) is 4. The number of para-hydroxylation sites is 2. The van der Waals surface area contributed by atoms with Gasteiger partial charge in [0.1, 0.15) is 43.0 Å². The zero-order valence-corrected chi connectivity index (χ0v) is 36.0. The van der Waals surface area contributed by atoms with Gasteiger partial charge in [-0.3, -0.25) is 23.7 Å². The van der Waals surface area contributed by atoms with E-state index >= 15 is 0 Å². The van der Waals surface area contributed by atoms with Crippen LogP contribution >= 0.6 is 0 Å². The van der Waals surface area contributed by atoms with Gasteiger partial charge in [-0.15, -0.1) is 0 Å². The van der Waals surface area contributed by atoms with Crippen LogP contribution < -0.4 is 11.1 Å². The average molecular weight is 861 g/mol. The molecule has 0 fully saturated rings. The number of nitrogens with two attached hydrogens (primary N) is 1. The van der Waals surface area contributed by atoms with Crippen LogP contribution in [0.3, 0.4) is 0 Å². The van der Waals surface area contributed by atoms with E-state index in [1.54, 1.807) is 59.7 Å². The number of aliphatic carboxylic acids is 2. The Labute approximate surface area is 363 Å². The van der Waals surface area contributed by atoms with E-state index in [0.29, 0.717) is 22.3 Å². The summed E-state index contributed by atoms with van der Waals surface area (Å²) in [6.07, 6.45) is -0.829. The number of carboxylic acid groups (broad SMARTS) is 2. The van der Waals surface area contributed by atoms with E-state index in [2.05, 4.69) is 15.5 Å². The Morgan fingerprint density at radius 1 is 0.651 bits per heavy atom. The molecule has 7 rings (SSSR count). The summed E-state index contributed by atoms with van der Waals surface area (Å²) < 4.78 is 19.3. The number of nitrogens with one attached hydrogen (secondary N) is 1. The highest BCUT2D eigenvalue weighted by Crippen LogP contribution is 2.44. The highest BCUT2D eigenvalue weighted by molar-refractivity contribution is 5.87. The van der Waals surface area contributed by atoms with Crippen molar-refractivity contribution in [2.45, 2.75) is 96.7 Å². The summed E-state index contributed by atoms with van der Waals surface area (Å²) in [5, 5.41) is 31.7. The van der Waals surface area contributed by atoms with Gasteiger partial charge in [0.2, 0.25) is 0 Å². The Kier molecular flexibility index (Phi) is 13.6. The number of carboxylic acids is 2. The lowest BCUT2D eigenvalue weighted by atomic mass is 9.98. The van der Waals surface area contributed by atoms with Crippen molar-refractivity contribution in [1.82, 2.24) is 24.9 Å². The van der Waals surface area contributed by atoms with E-state index in [0.717, 1.165) is 33.2 Å². The minimum Gasteiger partial charge on any atom is -0.480 e. The molecule has 2 aromatic heterocycles. The molecule has 63 heavy (non-hydrogen) atoms. The number of carbonyl (C=O) groups is 5. The van der Waals surface area contributed by atoms with Crippen LogP contribution in [0.2, 0.25) is 0 Å². The topological polar surface area (TPSA) is 227 Å². The monoisotopic (exact) mass is 860 g/mol. The lowest BCUT2D eigenvalue weighted by Gasteiger charge is -2.19. The fraction of sp³-hybridized carbons (Fsp3) is 0.340. The number of aromatic nitrogens is 4. The van der Waals surface area contributed by atoms with E-state index in [1.807, 2.05) is 78.9 Å². The zero-order valence-electron chi connectivity index (χ0n) is 36.0.